The van der Waals surface area contributed by atoms with Crippen molar-refractivity contribution in [3.63, 3.8) is 0 Å². The van der Waals surface area contributed by atoms with Gasteiger partial charge in [0.25, 0.3) is 0 Å². The van der Waals surface area contributed by atoms with Crippen LogP contribution in [-0.2, 0) is 14.9 Å². The van der Waals surface area contributed by atoms with Crippen LogP contribution in [0.2, 0.25) is 0 Å². The number of hydrogen-bond acceptors (Lipinski definition) is 3. The number of nitrogens with two attached hydrogens (primary N) is 1. The molecule has 0 radical (unpaired) electrons. The maximum absolute atomic E-state index is 11.4. The predicted octanol–water partition coefficient (Wildman–Crippen LogP) is 0.507. The van der Waals surface area contributed by atoms with Crippen molar-refractivity contribution in [2.45, 2.75) is 38.1 Å². The second-order valence-electron chi connectivity index (χ2n) is 4.82. The topological polar surface area (TPSA) is 97.5 Å². The SMILES string of the molecule is C=C(C(N)=O)C(CC)[N+](C)(C)C(CC)S(=O)(=O)O. The van der Waals surface area contributed by atoms with Gasteiger partial charge < -0.3 is 10.2 Å². The third kappa shape index (κ3) is 3.54. The number of nitrogens with zero attached hydrogens (tertiary/aromatic N) is 1. The average molecular weight is 279 g/mol. The van der Waals surface area contributed by atoms with Crippen LogP contribution in [-0.4, -0.2) is 48.9 Å². The summed E-state index contributed by atoms with van der Waals surface area (Å²) in [5.41, 5.74) is 5.37. The fourth-order valence-electron chi connectivity index (χ4n) is 2.51. The van der Waals surface area contributed by atoms with E-state index in [0.29, 0.717) is 6.42 Å². The number of likely N-dealkylation sites (N-methyl/N-ethyl adjacent to an activating group) is 1. The van der Waals surface area contributed by atoms with Crippen LogP contribution in [0.25, 0.3) is 0 Å². The average Bonchev–Trinajstić information content (AvgIpc) is 2.15. The van der Waals surface area contributed by atoms with Crippen LogP contribution in [0, 0.1) is 0 Å². The zero-order valence-corrected chi connectivity index (χ0v) is 12.2. The Bertz CT molecular complexity index is 428. The Morgan fingerprint density at radius 3 is 2.00 bits per heavy atom. The van der Waals surface area contributed by atoms with Crippen molar-refractivity contribution in [2.75, 3.05) is 14.1 Å². The van der Waals surface area contributed by atoms with Crippen LogP contribution in [0.1, 0.15) is 26.7 Å². The number of amides is 1. The second-order valence-corrected chi connectivity index (χ2v) is 6.39. The summed E-state index contributed by atoms with van der Waals surface area (Å²) >= 11 is 0. The third-order valence-electron chi connectivity index (χ3n) is 3.34. The summed E-state index contributed by atoms with van der Waals surface area (Å²) in [5, 5.41) is -1.02. The summed E-state index contributed by atoms with van der Waals surface area (Å²) in [7, 11) is -0.922. The Hall–Kier alpha value is -0.920. The summed E-state index contributed by atoms with van der Waals surface area (Å²) in [5.74, 6) is -0.654. The molecule has 0 aliphatic rings. The van der Waals surface area contributed by atoms with Crippen molar-refractivity contribution in [3.05, 3.63) is 12.2 Å². The molecule has 0 saturated carbocycles. The molecule has 106 valence electrons. The normalized spacial score (nSPS) is 16.1. The van der Waals surface area contributed by atoms with Gasteiger partial charge in [-0.15, -0.1) is 0 Å². The minimum Gasteiger partial charge on any atom is -0.366 e. The van der Waals surface area contributed by atoms with Gasteiger partial charge in [-0.3, -0.25) is 9.35 Å². The van der Waals surface area contributed by atoms with Gasteiger partial charge in [-0.25, -0.2) is 0 Å². The van der Waals surface area contributed by atoms with Gasteiger partial charge in [0.15, 0.2) is 0 Å². The largest absolute Gasteiger partial charge is 0.366 e. The van der Waals surface area contributed by atoms with Crippen LogP contribution in [0.5, 0.6) is 0 Å². The monoisotopic (exact) mass is 279 g/mol. The van der Waals surface area contributed by atoms with E-state index < -0.39 is 27.4 Å². The molecule has 0 heterocycles. The molecular weight excluding hydrogens is 256 g/mol. The van der Waals surface area contributed by atoms with E-state index in [-0.39, 0.29) is 16.5 Å². The van der Waals surface area contributed by atoms with Crippen molar-refractivity contribution in [1.82, 2.24) is 0 Å². The number of carbonyl (C=O) groups excluding carboxylic acids is 1. The summed E-state index contributed by atoms with van der Waals surface area (Å²) in [6.07, 6.45) is 0.731. The van der Waals surface area contributed by atoms with E-state index in [2.05, 4.69) is 6.58 Å². The van der Waals surface area contributed by atoms with Crippen LogP contribution in [0.4, 0.5) is 0 Å². The molecule has 18 heavy (non-hydrogen) atoms. The lowest BCUT2D eigenvalue weighted by molar-refractivity contribution is -0.920. The summed E-state index contributed by atoms with van der Waals surface area (Å²) in [6, 6.07) is -0.450. The third-order valence-corrected chi connectivity index (χ3v) is 4.91. The molecule has 0 saturated heterocycles. The smallest absolute Gasteiger partial charge is 0.319 e. The lowest BCUT2D eigenvalue weighted by atomic mass is 10.0. The van der Waals surface area contributed by atoms with Gasteiger partial charge >= 0.3 is 10.1 Å². The Labute approximate surface area is 109 Å². The standard InChI is InChI=1S/C11H22N2O4S/c1-6-9(8(3)11(12)14)13(4,5)10(7-2)18(15,16)17/h9-10H,3,6-7H2,1-2,4-5H3,(H2-,12,14,15,16,17)/p+1. The molecular formula is C11H23N2O4S+. The number of carbonyl (C=O) groups is 1. The number of rotatable bonds is 7. The predicted molar refractivity (Wildman–Crippen MR) is 70.1 cm³/mol. The van der Waals surface area contributed by atoms with Crippen molar-refractivity contribution < 1.29 is 22.2 Å². The minimum atomic E-state index is -4.21. The van der Waals surface area contributed by atoms with Gasteiger partial charge in [0.1, 0.15) is 6.04 Å². The van der Waals surface area contributed by atoms with Gasteiger partial charge in [-0.1, -0.05) is 20.4 Å². The van der Waals surface area contributed by atoms with E-state index in [0.717, 1.165) is 0 Å². The Morgan fingerprint density at radius 2 is 1.78 bits per heavy atom. The van der Waals surface area contributed by atoms with Gasteiger partial charge in [-0.05, 0) is 0 Å². The molecule has 2 unspecified atom stereocenters. The van der Waals surface area contributed by atoms with E-state index >= 15 is 0 Å². The van der Waals surface area contributed by atoms with Crippen LogP contribution in [0.15, 0.2) is 12.2 Å². The van der Waals surface area contributed by atoms with Crippen LogP contribution < -0.4 is 5.73 Å². The van der Waals surface area contributed by atoms with Gasteiger partial charge in [-0.2, -0.15) is 8.42 Å². The molecule has 2 atom stereocenters. The maximum atomic E-state index is 11.4. The summed E-state index contributed by atoms with van der Waals surface area (Å²) in [4.78, 5) is 11.2. The first-order chi connectivity index (χ1) is 8.00. The number of quaternary nitrogens is 1. The molecule has 0 rings (SSSR count). The molecule has 6 nitrogen and oxygen atoms in total. The molecule has 0 aromatic carbocycles. The Kier molecular flexibility index (Phi) is 5.52. The highest BCUT2D eigenvalue weighted by Crippen LogP contribution is 2.26. The van der Waals surface area contributed by atoms with Crippen LogP contribution in [0.3, 0.4) is 0 Å². The van der Waals surface area contributed by atoms with Gasteiger partial charge in [0.05, 0.1) is 19.7 Å². The zero-order chi connectivity index (χ0) is 14.7. The molecule has 0 aromatic rings. The fourth-order valence-corrected chi connectivity index (χ4v) is 3.76. The number of hydrogen-bond donors (Lipinski definition) is 2. The van der Waals surface area contributed by atoms with Crippen LogP contribution >= 0.6 is 0 Å². The van der Waals surface area contributed by atoms with E-state index in [1.54, 1.807) is 21.0 Å². The molecule has 3 N–H and O–H groups in total. The molecule has 0 aliphatic heterocycles. The first kappa shape index (κ1) is 17.1. The highest BCUT2D eigenvalue weighted by molar-refractivity contribution is 7.86. The molecule has 7 heteroatoms. The first-order valence-corrected chi connectivity index (χ1v) is 7.28. The van der Waals surface area contributed by atoms with Crippen molar-refractivity contribution >= 4 is 16.0 Å². The molecule has 0 spiro atoms. The highest BCUT2D eigenvalue weighted by atomic mass is 32.2. The highest BCUT2D eigenvalue weighted by Gasteiger charge is 2.44. The van der Waals surface area contributed by atoms with E-state index in [9.17, 15) is 17.8 Å². The van der Waals surface area contributed by atoms with Crippen molar-refractivity contribution in [2.24, 2.45) is 5.73 Å². The fraction of sp³-hybridized carbons (Fsp3) is 0.727. The van der Waals surface area contributed by atoms with E-state index in [1.807, 2.05) is 6.92 Å². The lowest BCUT2D eigenvalue weighted by Crippen LogP contribution is -2.59. The molecule has 0 bridgehead atoms. The lowest BCUT2D eigenvalue weighted by Gasteiger charge is -2.42. The first-order valence-electron chi connectivity index (χ1n) is 5.78. The van der Waals surface area contributed by atoms with Crippen molar-refractivity contribution in [3.8, 4) is 0 Å². The summed E-state index contributed by atoms with van der Waals surface area (Å²) in [6.45, 7) is 7.10. The second kappa shape index (κ2) is 5.81. The summed E-state index contributed by atoms with van der Waals surface area (Å²) < 4.78 is 32.0. The van der Waals surface area contributed by atoms with Gasteiger partial charge in [0.2, 0.25) is 11.3 Å². The van der Waals surface area contributed by atoms with Gasteiger partial charge in [0, 0.05) is 12.8 Å². The van der Waals surface area contributed by atoms with E-state index in [4.69, 9.17) is 5.73 Å². The maximum Gasteiger partial charge on any atom is 0.319 e. The number of primary amides is 1. The quantitative estimate of drug-likeness (QED) is 0.403. The van der Waals surface area contributed by atoms with E-state index in [1.165, 1.54) is 0 Å². The molecule has 0 aromatic heterocycles. The Morgan fingerprint density at radius 1 is 1.33 bits per heavy atom. The molecule has 0 fully saturated rings. The zero-order valence-electron chi connectivity index (χ0n) is 11.4. The molecule has 0 aliphatic carbocycles. The van der Waals surface area contributed by atoms with Crippen molar-refractivity contribution in [1.29, 1.82) is 0 Å². The Balaban J connectivity index is 5.57. The minimum absolute atomic E-state index is 0.0758. The molecule has 1 amide bonds.